The number of nitrogens with one attached hydrogen (secondary N) is 1. The molecular weight excluding hydrogens is 332 g/mol. The number of carbonyl (C=O) groups excluding carboxylic acids is 3. The molecule has 0 saturated heterocycles. The molecule has 1 N–H and O–H groups in total. The third kappa shape index (κ3) is 4.69. The minimum Gasteiger partial charge on any atom is -0.449 e. The van der Waals surface area contributed by atoms with Crippen LogP contribution in [-0.2, 0) is 9.53 Å². The number of anilines is 1. The summed E-state index contributed by atoms with van der Waals surface area (Å²) >= 11 is 0. The van der Waals surface area contributed by atoms with Crippen molar-refractivity contribution in [3.63, 3.8) is 0 Å². The van der Waals surface area contributed by atoms with Crippen LogP contribution in [0.2, 0.25) is 0 Å². The van der Waals surface area contributed by atoms with Crippen molar-refractivity contribution in [3.8, 4) is 0 Å². The van der Waals surface area contributed by atoms with E-state index in [4.69, 9.17) is 4.74 Å². The van der Waals surface area contributed by atoms with Gasteiger partial charge in [-0.25, -0.2) is 13.6 Å². The van der Waals surface area contributed by atoms with Crippen LogP contribution in [0.4, 0.5) is 14.5 Å². The summed E-state index contributed by atoms with van der Waals surface area (Å²) in [6.07, 6.45) is -1.18. The molecule has 2 rings (SSSR count). The Morgan fingerprint density at radius 3 is 2.36 bits per heavy atom. The summed E-state index contributed by atoms with van der Waals surface area (Å²) in [7, 11) is 0. The average molecular weight is 347 g/mol. The van der Waals surface area contributed by atoms with Crippen molar-refractivity contribution < 1.29 is 27.9 Å². The molecule has 0 spiro atoms. The monoisotopic (exact) mass is 347 g/mol. The minimum atomic E-state index is -1.19. The smallest absolute Gasteiger partial charge is 0.339 e. The van der Waals surface area contributed by atoms with Gasteiger partial charge in [-0.05, 0) is 44.2 Å². The van der Waals surface area contributed by atoms with Gasteiger partial charge in [0, 0.05) is 11.3 Å². The van der Waals surface area contributed by atoms with Gasteiger partial charge >= 0.3 is 5.97 Å². The van der Waals surface area contributed by atoms with Crippen LogP contribution in [0.1, 0.15) is 34.6 Å². The number of ether oxygens (including phenoxy) is 1. The standard InChI is InChI=1S/C18H15F2NO4/c1-10(22)12-4-3-5-14(8-12)21-17(23)11(2)25-18(24)13-6-7-15(19)16(20)9-13/h3-9,11H,1-2H3,(H,21,23). The molecule has 0 bridgehead atoms. The lowest BCUT2D eigenvalue weighted by Crippen LogP contribution is -2.30. The summed E-state index contributed by atoms with van der Waals surface area (Å²) in [5.74, 6) is -4.02. The summed E-state index contributed by atoms with van der Waals surface area (Å²) in [5, 5.41) is 2.51. The molecular formula is C18H15F2NO4. The molecule has 0 aliphatic carbocycles. The van der Waals surface area contributed by atoms with Crippen molar-refractivity contribution in [1.29, 1.82) is 0 Å². The highest BCUT2D eigenvalue weighted by atomic mass is 19.2. The number of Topliss-reactive ketones (excluding diaryl/α,β-unsaturated/α-hetero) is 1. The summed E-state index contributed by atoms with van der Waals surface area (Å²) in [6.45, 7) is 2.73. The molecule has 25 heavy (non-hydrogen) atoms. The van der Waals surface area contributed by atoms with Crippen LogP contribution in [0.25, 0.3) is 0 Å². The minimum absolute atomic E-state index is 0.158. The second-order valence-electron chi connectivity index (χ2n) is 5.30. The van der Waals surface area contributed by atoms with Gasteiger partial charge in [-0.15, -0.1) is 0 Å². The summed E-state index contributed by atoms with van der Waals surface area (Å²) in [5.41, 5.74) is 0.579. The predicted octanol–water partition coefficient (Wildman–Crippen LogP) is 3.35. The number of hydrogen-bond acceptors (Lipinski definition) is 4. The van der Waals surface area contributed by atoms with Crippen molar-refractivity contribution in [3.05, 3.63) is 65.2 Å². The number of benzene rings is 2. The van der Waals surface area contributed by atoms with E-state index in [0.29, 0.717) is 17.3 Å². The van der Waals surface area contributed by atoms with Crippen LogP contribution in [-0.4, -0.2) is 23.8 Å². The topological polar surface area (TPSA) is 72.5 Å². The molecule has 0 saturated carbocycles. The first-order valence-corrected chi connectivity index (χ1v) is 7.36. The van der Waals surface area contributed by atoms with E-state index >= 15 is 0 Å². The lowest BCUT2D eigenvalue weighted by Gasteiger charge is -2.14. The molecule has 2 aromatic carbocycles. The van der Waals surface area contributed by atoms with Gasteiger partial charge in [-0.3, -0.25) is 9.59 Å². The van der Waals surface area contributed by atoms with E-state index in [1.54, 1.807) is 18.2 Å². The van der Waals surface area contributed by atoms with Crippen molar-refractivity contribution >= 4 is 23.3 Å². The Bertz CT molecular complexity index is 836. The van der Waals surface area contributed by atoms with E-state index in [9.17, 15) is 23.2 Å². The van der Waals surface area contributed by atoms with Gasteiger partial charge in [-0.1, -0.05) is 12.1 Å². The van der Waals surface area contributed by atoms with E-state index in [0.717, 1.165) is 12.1 Å². The second kappa shape index (κ2) is 7.65. The predicted molar refractivity (Wildman–Crippen MR) is 86.3 cm³/mol. The Balaban J connectivity index is 2.02. The number of rotatable bonds is 5. The second-order valence-corrected chi connectivity index (χ2v) is 5.30. The van der Waals surface area contributed by atoms with E-state index in [-0.39, 0.29) is 11.3 Å². The number of halogens is 2. The zero-order valence-corrected chi connectivity index (χ0v) is 13.5. The SMILES string of the molecule is CC(=O)c1cccc(NC(=O)C(C)OC(=O)c2ccc(F)c(F)c2)c1. The van der Waals surface area contributed by atoms with E-state index in [2.05, 4.69) is 5.32 Å². The van der Waals surface area contributed by atoms with E-state index in [1.807, 2.05) is 0 Å². The maximum atomic E-state index is 13.1. The first-order chi connectivity index (χ1) is 11.8. The molecule has 130 valence electrons. The van der Waals surface area contributed by atoms with Crippen molar-refractivity contribution in [2.24, 2.45) is 0 Å². The molecule has 0 fully saturated rings. The quantitative estimate of drug-likeness (QED) is 0.665. The molecule has 1 amide bonds. The van der Waals surface area contributed by atoms with Crippen LogP contribution in [0.3, 0.4) is 0 Å². The van der Waals surface area contributed by atoms with Crippen molar-refractivity contribution in [1.82, 2.24) is 0 Å². The highest BCUT2D eigenvalue weighted by Gasteiger charge is 2.20. The first kappa shape index (κ1) is 18.3. The zero-order chi connectivity index (χ0) is 18.6. The fourth-order valence-electron chi connectivity index (χ4n) is 1.97. The number of hydrogen-bond donors (Lipinski definition) is 1. The van der Waals surface area contributed by atoms with Gasteiger partial charge in [0.2, 0.25) is 0 Å². The maximum absolute atomic E-state index is 13.1. The van der Waals surface area contributed by atoms with Crippen LogP contribution in [0, 0.1) is 11.6 Å². The maximum Gasteiger partial charge on any atom is 0.339 e. The highest BCUT2D eigenvalue weighted by molar-refractivity contribution is 5.99. The Labute approximate surface area is 142 Å². The van der Waals surface area contributed by atoms with Gasteiger partial charge in [0.1, 0.15) is 0 Å². The third-order valence-electron chi connectivity index (χ3n) is 3.34. The Hall–Kier alpha value is -3.09. The van der Waals surface area contributed by atoms with Crippen molar-refractivity contribution in [2.75, 3.05) is 5.32 Å². The number of ketones is 1. The van der Waals surface area contributed by atoms with E-state index in [1.165, 1.54) is 19.9 Å². The first-order valence-electron chi connectivity index (χ1n) is 7.36. The number of esters is 1. The third-order valence-corrected chi connectivity index (χ3v) is 3.34. The van der Waals surface area contributed by atoms with E-state index < -0.39 is 29.6 Å². The molecule has 2 aromatic rings. The van der Waals surface area contributed by atoms with Gasteiger partial charge in [0.25, 0.3) is 5.91 Å². The summed E-state index contributed by atoms with van der Waals surface area (Å²) < 4.78 is 30.9. The molecule has 0 radical (unpaired) electrons. The number of amides is 1. The molecule has 1 atom stereocenters. The normalized spacial score (nSPS) is 11.5. The van der Waals surface area contributed by atoms with Crippen LogP contribution >= 0.6 is 0 Å². The number of carbonyl (C=O) groups is 3. The summed E-state index contributed by atoms with van der Waals surface area (Å²) in [6, 6.07) is 8.82. The van der Waals surface area contributed by atoms with Crippen molar-refractivity contribution in [2.45, 2.75) is 20.0 Å². The van der Waals surface area contributed by atoms with Crippen LogP contribution in [0.15, 0.2) is 42.5 Å². The fraction of sp³-hybridized carbons (Fsp3) is 0.167. The molecule has 7 heteroatoms. The molecule has 0 aromatic heterocycles. The molecule has 5 nitrogen and oxygen atoms in total. The Kier molecular flexibility index (Phi) is 5.59. The van der Waals surface area contributed by atoms with Gasteiger partial charge in [0.05, 0.1) is 5.56 Å². The van der Waals surface area contributed by atoms with Gasteiger partial charge in [-0.2, -0.15) is 0 Å². The van der Waals surface area contributed by atoms with Gasteiger partial charge in [0.15, 0.2) is 23.5 Å². The van der Waals surface area contributed by atoms with Crippen LogP contribution < -0.4 is 5.32 Å². The average Bonchev–Trinajstić information content (AvgIpc) is 2.57. The van der Waals surface area contributed by atoms with Crippen LogP contribution in [0.5, 0.6) is 0 Å². The summed E-state index contributed by atoms with van der Waals surface area (Å²) in [4.78, 5) is 35.3. The molecule has 0 heterocycles. The highest BCUT2D eigenvalue weighted by Crippen LogP contribution is 2.14. The molecule has 0 aliphatic heterocycles. The molecule has 0 aliphatic rings. The Morgan fingerprint density at radius 1 is 1.00 bits per heavy atom. The largest absolute Gasteiger partial charge is 0.449 e. The Morgan fingerprint density at radius 2 is 1.72 bits per heavy atom. The van der Waals surface area contributed by atoms with Gasteiger partial charge < -0.3 is 10.1 Å². The lowest BCUT2D eigenvalue weighted by molar-refractivity contribution is -0.123. The fourth-order valence-corrected chi connectivity index (χ4v) is 1.97. The molecule has 1 unspecified atom stereocenters. The zero-order valence-electron chi connectivity index (χ0n) is 13.5. The lowest BCUT2D eigenvalue weighted by atomic mass is 10.1.